The van der Waals surface area contributed by atoms with E-state index in [0.29, 0.717) is 12.1 Å². The largest absolute Gasteiger partial charge is 0.377 e. The van der Waals surface area contributed by atoms with Gasteiger partial charge in [-0.15, -0.1) is 0 Å². The van der Waals surface area contributed by atoms with Crippen LogP contribution in [0.2, 0.25) is 5.02 Å². The van der Waals surface area contributed by atoms with Gasteiger partial charge >= 0.3 is 0 Å². The lowest BCUT2D eigenvalue weighted by atomic mass is 9.98. The topological polar surface area (TPSA) is 21.3 Å². The first-order valence-electron chi connectivity index (χ1n) is 7.84. The molecule has 1 aromatic rings. The average Bonchev–Trinajstić information content (AvgIpc) is 3.25. The summed E-state index contributed by atoms with van der Waals surface area (Å²) in [6.07, 6.45) is 5.09. The maximum Gasteiger partial charge on any atom is 0.0759 e. The Bertz CT molecular complexity index is 406. The fourth-order valence-corrected chi connectivity index (χ4v) is 2.96. The van der Waals surface area contributed by atoms with Crippen molar-refractivity contribution < 1.29 is 4.74 Å². The molecule has 1 saturated carbocycles. The van der Waals surface area contributed by atoms with Crippen LogP contribution >= 0.6 is 11.6 Å². The summed E-state index contributed by atoms with van der Waals surface area (Å²) < 4.78 is 6.03. The lowest BCUT2D eigenvalue weighted by Gasteiger charge is -2.28. The average molecular weight is 296 g/mol. The highest BCUT2D eigenvalue weighted by molar-refractivity contribution is 6.30. The fourth-order valence-electron chi connectivity index (χ4n) is 2.75. The van der Waals surface area contributed by atoms with Crippen LogP contribution in [0, 0.1) is 5.92 Å². The lowest BCUT2D eigenvalue weighted by Crippen LogP contribution is -2.44. The van der Waals surface area contributed by atoms with Crippen molar-refractivity contribution in [1.29, 1.82) is 0 Å². The normalized spacial score (nSPS) is 17.9. The summed E-state index contributed by atoms with van der Waals surface area (Å²) >= 11 is 6.10. The van der Waals surface area contributed by atoms with E-state index in [9.17, 15) is 0 Å². The predicted molar refractivity (Wildman–Crippen MR) is 85.4 cm³/mol. The first-order chi connectivity index (χ1) is 9.74. The van der Waals surface area contributed by atoms with Crippen molar-refractivity contribution in [1.82, 2.24) is 5.32 Å². The number of hydrogen-bond donors (Lipinski definition) is 1. The zero-order valence-corrected chi connectivity index (χ0v) is 13.3. The number of hydrogen-bond acceptors (Lipinski definition) is 2. The minimum Gasteiger partial charge on any atom is -0.377 e. The van der Waals surface area contributed by atoms with Crippen LogP contribution in [0.25, 0.3) is 0 Å². The molecule has 0 spiro atoms. The van der Waals surface area contributed by atoms with E-state index < -0.39 is 0 Å². The van der Waals surface area contributed by atoms with E-state index >= 15 is 0 Å². The molecule has 1 aliphatic rings. The van der Waals surface area contributed by atoms with Gasteiger partial charge in [-0.05, 0) is 62.8 Å². The molecule has 0 amide bonds. The van der Waals surface area contributed by atoms with E-state index in [1.165, 1.54) is 18.4 Å². The Kier molecular flexibility index (Phi) is 6.34. The zero-order valence-electron chi connectivity index (χ0n) is 12.6. The predicted octanol–water partition coefficient (Wildman–Crippen LogP) is 4.07. The van der Waals surface area contributed by atoms with Crippen LogP contribution in [-0.2, 0) is 11.2 Å². The van der Waals surface area contributed by atoms with E-state index in [4.69, 9.17) is 16.3 Å². The smallest absolute Gasteiger partial charge is 0.0759 e. The molecule has 1 fully saturated rings. The van der Waals surface area contributed by atoms with Gasteiger partial charge in [0.15, 0.2) is 0 Å². The second-order valence-electron chi connectivity index (χ2n) is 5.65. The van der Waals surface area contributed by atoms with Crippen molar-refractivity contribution >= 4 is 11.6 Å². The van der Waals surface area contributed by atoms with Crippen LogP contribution < -0.4 is 5.32 Å². The molecular weight excluding hydrogens is 270 g/mol. The van der Waals surface area contributed by atoms with Crippen LogP contribution in [0.3, 0.4) is 0 Å². The fraction of sp³-hybridized carbons (Fsp3) is 0.647. The maximum atomic E-state index is 6.10. The standard InChI is InChI=1S/C17H26ClNO/c1-3-10-19-16(17(20-4-2)14-8-9-14)12-13-6-5-7-15(18)11-13/h5-7,11,14,16-17,19H,3-4,8-10,12H2,1-2H3. The Labute approximate surface area is 127 Å². The molecule has 0 aromatic heterocycles. The number of halogens is 1. The molecule has 0 bridgehead atoms. The van der Waals surface area contributed by atoms with Gasteiger partial charge in [0.1, 0.15) is 0 Å². The van der Waals surface area contributed by atoms with E-state index in [0.717, 1.165) is 36.9 Å². The molecule has 0 aliphatic heterocycles. The Morgan fingerprint density at radius 2 is 2.15 bits per heavy atom. The highest BCUT2D eigenvalue weighted by atomic mass is 35.5. The molecule has 1 N–H and O–H groups in total. The van der Waals surface area contributed by atoms with Gasteiger partial charge in [-0.2, -0.15) is 0 Å². The number of benzene rings is 1. The molecule has 2 unspecified atom stereocenters. The van der Waals surface area contributed by atoms with Gasteiger partial charge < -0.3 is 10.1 Å². The van der Waals surface area contributed by atoms with Crippen molar-refractivity contribution in [2.24, 2.45) is 5.92 Å². The quantitative estimate of drug-likeness (QED) is 0.741. The minimum absolute atomic E-state index is 0.338. The van der Waals surface area contributed by atoms with Crippen molar-refractivity contribution in [3.05, 3.63) is 34.9 Å². The van der Waals surface area contributed by atoms with Gasteiger partial charge in [0.05, 0.1) is 6.10 Å². The molecule has 0 saturated heterocycles. The summed E-state index contributed by atoms with van der Waals surface area (Å²) in [5.74, 6) is 0.739. The van der Waals surface area contributed by atoms with Crippen LogP contribution in [0.4, 0.5) is 0 Å². The Morgan fingerprint density at radius 1 is 1.35 bits per heavy atom. The van der Waals surface area contributed by atoms with Crippen molar-refractivity contribution in [3.8, 4) is 0 Å². The Balaban J connectivity index is 2.05. The number of rotatable bonds is 9. The van der Waals surface area contributed by atoms with Gasteiger partial charge in [0, 0.05) is 17.7 Å². The third-order valence-electron chi connectivity index (χ3n) is 3.84. The second kappa shape index (κ2) is 8.02. The molecule has 1 aromatic carbocycles. The summed E-state index contributed by atoms with van der Waals surface area (Å²) in [5, 5.41) is 4.49. The molecule has 2 atom stereocenters. The maximum absolute atomic E-state index is 6.10. The highest BCUT2D eigenvalue weighted by Crippen LogP contribution is 2.36. The SMILES string of the molecule is CCCNC(Cc1cccc(Cl)c1)C(OCC)C1CC1. The third kappa shape index (κ3) is 4.76. The van der Waals surface area contributed by atoms with E-state index in [-0.39, 0.29) is 0 Å². The summed E-state index contributed by atoms with van der Waals surface area (Å²) in [6, 6.07) is 8.57. The Hall–Kier alpha value is -0.570. The summed E-state index contributed by atoms with van der Waals surface area (Å²) in [6.45, 7) is 6.13. The van der Waals surface area contributed by atoms with Gasteiger partial charge in [-0.25, -0.2) is 0 Å². The van der Waals surface area contributed by atoms with E-state index in [1.807, 2.05) is 12.1 Å². The van der Waals surface area contributed by atoms with E-state index in [2.05, 4.69) is 31.3 Å². The summed E-state index contributed by atoms with van der Waals surface area (Å²) in [5.41, 5.74) is 1.29. The second-order valence-corrected chi connectivity index (χ2v) is 6.09. The van der Waals surface area contributed by atoms with Crippen LogP contribution in [0.15, 0.2) is 24.3 Å². The molecule has 2 rings (SSSR count). The van der Waals surface area contributed by atoms with Crippen molar-refractivity contribution in [3.63, 3.8) is 0 Å². The molecule has 0 heterocycles. The molecular formula is C17H26ClNO. The molecule has 2 nitrogen and oxygen atoms in total. The molecule has 1 aliphatic carbocycles. The molecule has 0 radical (unpaired) electrons. The van der Waals surface area contributed by atoms with Gasteiger partial charge in [0.25, 0.3) is 0 Å². The number of nitrogens with one attached hydrogen (secondary N) is 1. The first-order valence-corrected chi connectivity index (χ1v) is 8.21. The summed E-state index contributed by atoms with van der Waals surface area (Å²) in [7, 11) is 0. The summed E-state index contributed by atoms with van der Waals surface area (Å²) in [4.78, 5) is 0. The third-order valence-corrected chi connectivity index (χ3v) is 4.08. The van der Waals surface area contributed by atoms with Gasteiger partial charge in [-0.3, -0.25) is 0 Å². The van der Waals surface area contributed by atoms with Crippen molar-refractivity contribution in [2.45, 2.75) is 51.7 Å². The van der Waals surface area contributed by atoms with Gasteiger partial charge in [-0.1, -0.05) is 30.7 Å². The first kappa shape index (κ1) is 15.8. The zero-order chi connectivity index (χ0) is 14.4. The molecule has 112 valence electrons. The van der Waals surface area contributed by atoms with E-state index in [1.54, 1.807) is 0 Å². The van der Waals surface area contributed by atoms with Gasteiger partial charge in [0.2, 0.25) is 0 Å². The molecule has 3 heteroatoms. The number of ether oxygens (including phenoxy) is 1. The monoisotopic (exact) mass is 295 g/mol. The van der Waals surface area contributed by atoms with Crippen LogP contribution in [0.5, 0.6) is 0 Å². The van der Waals surface area contributed by atoms with Crippen LogP contribution in [-0.4, -0.2) is 25.3 Å². The van der Waals surface area contributed by atoms with Crippen LogP contribution in [0.1, 0.15) is 38.7 Å². The highest BCUT2D eigenvalue weighted by Gasteiger charge is 2.36. The Morgan fingerprint density at radius 3 is 2.75 bits per heavy atom. The molecule has 20 heavy (non-hydrogen) atoms. The van der Waals surface area contributed by atoms with Crippen molar-refractivity contribution in [2.75, 3.05) is 13.2 Å². The minimum atomic E-state index is 0.338. The lowest BCUT2D eigenvalue weighted by molar-refractivity contribution is 0.0192.